The molecule has 3 aromatic rings. The molecule has 1 fully saturated rings. The SMILES string of the molecule is CCOC(=O)c1[nH]c2c(C3CC3)n(Cc3ccccc3)nc2c1I. The lowest BCUT2D eigenvalue weighted by Gasteiger charge is -2.07. The van der Waals surface area contributed by atoms with E-state index in [4.69, 9.17) is 9.84 Å². The first-order valence-corrected chi connectivity index (χ1v) is 9.25. The molecule has 0 saturated heterocycles. The van der Waals surface area contributed by atoms with E-state index in [2.05, 4.69) is 44.4 Å². The van der Waals surface area contributed by atoms with E-state index in [1.807, 2.05) is 25.1 Å². The summed E-state index contributed by atoms with van der Waals surface area (Å²) >= 11 is 2.19. The van der Waals surface area contributed by atoms with Crippen molar-refractivity contribution in [1.29, 1.82) is 0 Å². The number of fused-ring (bicyclic) bond motifs is 1. The van der Waals surface area contributed by atoms with Crippen LogP contribution in [0.25, 0.3) is 11.0 Å². The minimum absolute atomic E-state index is 0.309. The van der Waals surface area contributed by atoms with E-state index >= 15 is 0 Å². The minimum Gasteiger partial charge on any atom is -0.461 e. The Morgan fingerprint density at radius 2 is 2.12 bits per heavy atom. The molecule has 1 aromatic carbocycles. The van der Waals surface area contributed by atoms with E-state index in [0.717, 1.165) is 21.1 Å². The third kappa shape index (κ3) is 2.72. The standard InChI is InChI=1S/C18H18IN3O2/c1-2-24-18(23)15-13(19)14-16(20-15)17(12-8-9-12)22(21-14)10-11-6-4-3-5-7-11/h3-7,12,20H,2,8-10H2,1H3. The van der Waals surface area contributed by atoms with Gasteiger partial charge in [-0.2, -0.15) is 5.10 Å². The van der Waals surface area contributed by atoms with Gasteiger partial charge in [-0.25, -0.2) is 4.79 Å². The van der Waals surface area contributed by atoms with Crippen LogP contribution >= 0.6 is 22.6 Å². The molecule has 5 nitrogen and oxygen atoms in total. The molecule has 0 amide bonds. The molecule has 1 aliphatic rings. The first-order chi connectivity index (χ1) is 11.7. The van der Waals surface area contributed by atoms with Crippen molar-refractivity contribution < 1.29 is 9.53 Å². The van der Waals surface area contributed by atoms with Gasteiger partial charge in [-0.15, -0.1) is 0 Å². The third-order valence-electron chi connectivity index (χ3n) is 4.29. The predicted molar refractivity (Wildman–Crippen MR) is 100 cm³/mol. The van der Waals surface area contributed by atoms with Crippen molar-refractivity contribution in [3.63, 3.8) is 0 Å². The van der Waals surface area contributed by atoms with E-state index in [1.54, 1.807) is 0 Å². The van der Waals surface area contributed by atoms with E-state index in [1.165, 1.54) is 24.1 Å². The molecular weight excluding hydrogens is 417 g/mol. The topological polar surface area (TPSA) is 59.9 Å². The summed E-state index contributed by atoms with van der Waals surface area (Å²) in [5, 5.41) is 4.80. The second-order valence-corrected chi connectivity index (χ2v) is 7.14. The number of H-pyrrole nitrogens is 1. The maximum atomic E-state index is 12.1. The van der Waals surface area contributed by atoms with Gasteiger partial charge in [-0.3, -0.25) is 4.68 Å². The molecule has 0 unspecified atom stereocenters. The summed E-state index contributed by atoms with van der Waals surface area (Å²) in [7, 11) is 0. The van der Waals surface area contributed by atoms with Crippen molar-refractivity contribution in [2.45, 2.75) is 32.2 Å². The number of aromatic amines is 1. The summed E-state index contributed by atoms with van der Waals surface area (Å²) in [5.74, 6) is 0.222. The maximum absolute atomic E-state index is 12.1. The molecule has 1 aliphatic carbocycles. The van der Waals surface area contributed by atoms with Crippen molar-refractivity contribution in [1.82, 2.24) is 14.8 Å². The Morgan fingerprint density at radius 3 is 2.79 bits per heavy atom. The van der Waals surface area contributed by atoms with Gasteiger partial charge in [0.15, 0.2) is 0 Å². The molecule has 1 saturated carbocycles. The summed E-state index contributed by atoms with van der Waals surface area (Å²) in [6.07, 6.45) is 2.36. The number of nitrogens with one attached hydrogen (secondary N) is 1. The average Bonchev–Trinajstić information content (AvgIpc) is 3.28. The fourth-order valence-electron chi connectivity index (χ4n) is 3.04. The van der Waals surface area contributed by atoms with Gasteiger partial charge in [0.1, 0.15) is 11.2 Å². The minimum atomic E-state index is -0.309. The van der Waals surface area contributed by atoms with Crippen LogP contribution in [-0.2, 0) is 11.3 Å². The van der Waals surface area contributed by atoms with Gasteiger partial charge >= 0.3 is 5.97 Å². The summed E-state index contributed by atoms with van der Waals surface area (Å²) in [4.78, 5) is 15.4. The van der Waals surface area contributed by atoms with Gasteiger partial charge < -0.3 is 9.72 Å². The summed E-state index contributed by atoms with van der Waals surface area (Å²) in [6, 6.07) is 10.3. The lowest BCUT2D eigenvalue weighted by molar-refractivity contribution is 0.0519. The van der Waals surface area contributed by atoms with Crippen molar-refractivity contribution in [2.24, 2.45) is 0 Å². The van der Waals surface area contributed by atoms with Gasteiger partial charge in [0.05, 0.1) is 27.9 Å². The lowest BCUT2D eigenvalue weighted by atomic mass is 10.2. The second-order valence-electron chi connectivity index (χ2n) is 6.06. The second kappa shape index (κ2) is 6.23. The normalized spacial score (nSPS) is 14.2. The Kier molecular flexibility index (Phi) is 4.07. The molecule has 6 heteroatoms. The monoisotopic (exact) mass is 435 g/mol. The zero-order valence-corrected chi connectivity index (χ0v) is 15.5. The highest BCUT2D eigenvalue weighted by atomic mass is 127. The Morgan fingerprint density at radius 1 is 1.38 bits per heavy atom. The van der Waals surface area contributed by atoms with Gasteiger partial charge in [-0.05, 0) is 47.9 Å². The van der Waals surface area contributed by atoms with Crippen LogP contribution in [0, 0.1) is 3.57 Å². The van der Waals surface area contributed by atoms with Crippen molar-refractivity contribution in [3.05, 3.63) is 50.9 Å². The molecule has 0 spiro atoms. The fourth-order valence-corrected chi connectivity index (χ4v) is 3.78. The van der Waals surface area contributed by atoms with Gasteiger partial charge in [0, 0.05) is 5.92 Å². The first kappa shape index (κ1) is 15.7. The van der Waals surface area contributed by atoms with Gasteiger partial charge in [0.25, 0.3) is 0 Å². The van der Waals surface area contributed by atoms with Crippen LogP contribution in [0.3, 0.4) is 0 Å². The number of carbonyl (C=O) groups is 1. The lowest BCUT2D eigenvalue weighted by Crippen LogP contribution is -2.09. The number of rotatable bonds is 5. The summed E-state index contributed by atoms with van der Waals surface area (Å²) in [6.45, 7) is 2.93. The van der Waals surface area contributed by atoms with Crippen molar-refractivity contribution in [3.8, 4) is 0 Å². The molecule has 0 bridgehead atoms. The van der Waals surface area contributed by atoms with Gasteiger partial charge in [0.2, 0.25) is 0 Å². The van der Waals surface area contributed by atoms with Crippen LogP contribution in [-0.4, -0.2) is 27.3 Å². The number of hydrogen-bond acceptors (Lipinski definition) is 3. The molecule has 0 atom stereocenters. The zero-order valence-electron chi connectivity index (χ0n) is 13.4. The number of esters is 1. The van der Waals surface area contributed by atoms with E-state index in [0.29, 0.717) is 18.2 Å². The molecular formula is C18H18IN3O2. The Bertz CT molecular complexity index is 894. The van der Waals surface area contributed by atoms with Crippen LogP contribution in [0.15, 0.2) is 30.3 Å². The number of nitrogens with zero attached hydrogens (tertiary/aromatic N) is 2. The number of halogens is 1. The molecule has 1 N–H and O–H groups in total. The summed E-state index contributed by atoms with van der Waals surface area (Å²) in [5.41, 5.74) is 4.81. The van der Waals surface area contributed by atoms with Crippen LogP contribution < -0.4 is 0 Å². The largest absolute Gasteiger partial charge is 0.461 e. The van der Waals surface area contributed by atoms with Crippen LogP contribution in [0.5, 0.6) is 0 Å². The molecule has 2 aromatic heterocycles. The first-order valence-electron chi connectivity index (χ1n) is 8.18. The van der Waals surface area contributed by atoms with Crippen LogP contribution in [0.2, 0.25) is 0 Å². The van der Waals surface area contributed by atoms with Gasteiger partial charge in [-0.1, -0.05) is 30.3 Å². The molecule has 2 heterocycles. The smallest absolute Gasteiger partial charge is 0.355 e. The number of ether oxygens (including phenoxy) is 1. The van der Waals surface area contributed by atoms with E-state index < -0.39 is 0 Å². The van der Waals surface area contributed by atoms with Crippen molar-refractivity contribution >= 4 is 39.6 Å². The highest BCUT2D eigenvalue weighted by Gasteiger charge is 2.33. The van der Waals surface area contributed by atoms with E-state index in [-0.39, 0.29) is 5.97 Å². The fraction of sp³-hybridized carbons (Fsp3) is 0.333. The molecule has 0 radical (unpaired) electrons. The molecule has 0 aliphatic heterocycles. The maximum Gasteiger partial charge on any atom is 0.355 e. The summed E-state index contributed by atoms with van der Waals surface area (Å²) < 4.78 is 8.07. The van der Waals surface area contributed by atoms with E-state index in [9.17, 15) is 4.79 Å². The Hall–Kier alpha value is -1.83. The third-order valence-corrected chi connectivity index (χ3v) is 5.34. The van der Waals surface area contributed by atoms with Crippen LogP contribution in [0.4, 0.5) is 0 Å². The highest BCUT2D eigenvalue weighted by molar-refractivity contribution is 14.1. The van der Waals surface area contributed by atoms with Crippen LogP contribution in [0.1, 0.15) is 47.4 Å². The molecule has 124 valence electrons. The number of benzene rings is 1. The number of aromatic nitrogens is 3. The molecule has 24 heavy (non-hydrogen) atoms. The quantitative estimate of drug-likeness (QED) is 0.486. The number of carbonyl (C=O) groups excluding carboxylic acids is 1. The van der Waals surface area contributed by atoms with Crippen molar-refractivity contribution in [2.75, 3.05) is 6.61 Å². The highest BCUT2D eigenvalue weighted by Crippen LogP contribution is 2.44. The predicted octanol–water partition coefficient (Wildman–Crippen LogP) is 4.07. The Labute approximate surface area is 153 Å². The average molecular weight is 435 g/mol. The zero-order chi connectivity index (χ0) is 16.7. The Balaban J connectivity index is 1.78. The number of hydrogen-bond donors (Lipinski definition) is 1. The molecule has 4 rings (SSSR count).